The Kier molecular flexibility index (Phi) is 12.9. The summed E-state index contributed by atoms with van der Waals surface area (Å²) in [6.45, 7) is 11.1. The third kappa shape index (κ3) is 19.5. The minimum Gasteiger partial charge on any atom is -0.381 e. The molecule has 0 heterocycles. The van der Waals surface area contributed by atoms with E-state index < -0.39 is 15.4 Å². The monoisotopic (exact) mass is 446 g/mol. The molecular formula is C18H40O8P2. The van der Waals surface area contributed by atoms with E-state index in [1.807, 2.05) is 13.8 Å². The predicted octanol–water partition coefficient (Wildman–Crippen LogP) is 4.73. The first-order chi connectivity index (χ1) is 12.6. The summed E-state index contributed by atoms with van der Waals surface area (Å²) in [6.07, 6.45) is 6.31. The van der Waals surface area contributed by atoms with Crippen molar-refractivity contribution in [3.8, 4) is 0 Å². The van der Waals surface area contributed by atoms with E-state index in [2.05, 4.69) is 18.4 Å². The summed E-state index contributed by atoms with van der Waals surface area (Å²) in [5, 5.41) is 0. The average Bonchev–Trinajstić information content (AvgIpc) is 2.49. The molecule has 3 N–H and O–H groups in total. The number of unbranched alkanes of at least 4 members (excludes halogenated alkanes) is 2. The normalized spacial score (nSPS) is 15.6. The molecule has 0 aromatic heterocycles. The first kappa shape index (κ1) is 28.2. The van der Waals surface area contributed by atoms with Crippen LogP contribution in [0.1, 0.15) is 72.6 Å². The highest BCUT2D eigenvalue weighted by molar-refractivity contribution is 7.51. The number of rotatable bonds is 17. The SMILES string of the molecule is CC(C)(CCCCOCCCCC(C)(C)COP(C)(=O)O)CCOP(=O)(O)O. The first-order valence-electron chi connectivity index (χ1n) is 9.85. The van der Waals surface area contributed by atoms with Gasteiger partial charge in [0.15, 0.2) is 0 Å². The molecule has 170 valence electrons. The van der Waals surface area contributed by atoms with E-state index >= 15 is 0 Å². The highest BCUT2D eigenvalue weighted by atomic mass is 31.2. The summed E-state index contributed by atoms with van der Waals surface area (Å²) in [7, 11) is -7.79. The molecule has 10 heteroatoms. The van der Waals surface area contributed by atoms with Crippen LogP contribution in [-0.4, -0.2) is 47.8 Å². The summed E-state index contributed by atoms with van der Waals surface area (Å²) in [4.78, 5) is 26.6. The van der Waals surface area contributed by atoms with Crippen molar-refractivity contribution in [1.29, 1.82) is 0 Å². The zero-order valence-corrected chi connectivity index (χ0v) is 19.8. The van der Waals surface area contributed by atoms with E-state index in [1.165, 1.54) is 6.66 Å². The topological polar surface area (TPSA) is 123 Å². The maximum atomic E-state index is 11.2. The minimum atomic E-state index is -4.37. The van der Waals surface area contributed by atoms with Gasteiger partial charge in [-0.15, -0.1) is 0 Å². The zero-order chi connectivity index (χ0) is 21.9. The van der Waals surface area contributed by atoms with Crippen LogP contribution in [0, 0.1) is 10.8 Å². The van der Waals surface area contributed by atoms with E-state index in [-0.39, 0.29) is 24.0 Å². The number of hydrogen-bond acceptors (Lipinski definition) is 5. The molecule has 28 heavy (non-hydrogen) atoms. The lowest BCUT2D eigenvalue weighted by Crippen LogP contribution is -2.18. The fourth-order valence-electron chi connectivity index (χ4n) is 2.65. The smallest absolute Gasteiger partial charge is 0.381 e. The second kappa shape index (κ2) is 12.8. The highest BCUT2D eigenvalue weighted by Gasteiger charge is 2.22. The van der Waals surface area contributed by atoms with Crippen molar-refractivity contribution in [2.75, 3.05) is 33.1 Å². The maximum absolute atomic E-state index is 11.2. The maximum Gasteiger partial charge on any atom is 0.469 e. The van der Waals surface area contributed by atoms with Crippen LogP contribution in [0.4, 0.5) is 0 Å². The molecule has 0 aliphatic rings. The van der Waals surface area contributed by atoms with Crippen molar-refractivity contribution in [3.63, 3.8) is 0 Å². The van der Waals surface area contributed by atoms with Crippen LogP contribution in [0.3, 0.4) is 0 Å². The van der Waals surface area contributed by atoms with Crippen molar-refractivity contribution in [2.45, 2.75) is 72.6 Å². The van der Waals surface area contributed by atoms with Crippen LogP contribution in [0.25, 0.3) is 0 Å². The molecule has 1 unspecified atom stereocenters. The molecule has 0 saturated heterocycles. The number of ether oxygens (including phenoxy) is 1. The molecule has 0 saturated carbocycles. The van der Waals surface area contributed by atoms with Gasteiger partial charge in [0.2, 0.25) is 0 Å². The minimum absolute atomic E-state index is 0.0279. The van der Waals surface area contributed by atoms with Gasteiger partial charge in [-0.2, -0.15) is 0 Å². The van der Waals surface area contributed by atoms with Crippen LogP contribution in [0.15, 0.2) is 0 Å². The molecule has 0 amide bonds. The van der Waals surface area contributed by atoms with Crippen molar-refractivity contribution in [1.82, 2.24) is 0 Å². The van der Waals surface area contributed by atoms with Crippen molar-refractivity contribution in [3.05, 3.63) is 0 Å². The molecule has 0 aromatic carbocycles. The predicted molar refractivity (Wildman–Crippen MR) is 110 cm³/mol. The Morgan fingerprint density at radius 2 is 1.21 bits per heavy atom. The molecule has 1 atom stereocenters. The van der Waals surface area contributed by atoms with E-state index in [9.17, 15) is 14.0 Å². The third-order valence-electron chi connectivity index (χ3n) is 4.52. The highest BCUT2D eigenvalue weighted by Crippen LogP contribution is 2.40. The molecule has 0 aliphatic carbocycles. The lowest BCUT2D eigenvalue weighted by Gasteiger charge is -2.25. The Morgan fingerprint density at radius 3 is 1.68 bits per heavy atom. The Morgan fingerprint density at radius 1 is 0.714 bits per heavy atom. The summed E-state index contributed by atoms with van der Waals surface area (Å²) in [6, 6.07) is 0. The standard InChI is InChI=1S/C18H40O8P2/c1-17(2,12-15-25-28(21,22)23)10-6-8-13-24-14-9-7-11-18(3,4)16-26-27(5,19)20/h6-16H2,1-5H3,(H,19,20)(H2,21,22,23). The van der Waals surface area contributed by atoms with Gasteiger partial charge in [0, 0.05) is 19.9 Å². The van der Waals surface area contributed by atoms with Gasteiger partial charge in [-0.1, -0.05) is 40.5 Å². The summed E-state index contributed by atoms with van der Waals surface area (Å²) >= 11 is 0. The quantitative estimate of drug-likeness (QED) is 0.217. The van der Waals surface area contributed by atoms with Gasteiger partial charge < -0.3 is 23.9 Å². The summed E-state index contributed by atoms with van der Waals surface area (Å²) in [5.74, 6) is 0. The van der Waals surface area contributed by atoms with Gasteiger partial charge in [-0.25, -0.2) is 4.57 Å². The third-order valence-corrected chi connectivity index (χ3v) is 5.64. The van der Waals surface area contributed by atoms with Crippen molar-refractivity contribution >= 4 is 15.4 Å². The number of hydrogen-bond donors (Lipinski definition) is 3. The molecule has 0 fully saturated rings. The van der Waals surface area contributed by atoms with Crippen molar-refractivity contribution in [2.24, 2.45) is 10.8 Å². The van der Waals surface area contributed by atoms with E-state index in [4.69, 9.17) is 19.0 Å². The Balaban J connectivity index is 3.66. The molecule has 0 bridgehead atoms. The fourth-order valence-corrected chi connectivity index (χ4v) is 3.57. The molecular weight excluding hydrogens is 406 g/mol. The second-order valence-corrected chi connectivity index (χ2v) is 12.1. The Labute approximate surface area is 170 Å². The second-order valence-electron chi connectivity index (χ2n) is 9.01. The fraction of sp³-hybridized carbons (Fsp3) is 1.00. The molecule has 0 radical (unpaired) electrons. The van der Waals surface area contributed by atoms with Gasteiger partial charge >= 0.3 is 15.4 Å². The van der Waals surface area contributed by atoms with Gasteiger partial charge in [-0.3, -0.25) is 9.09 Å². The van der Waals surface area contributed by atoms with Crippen LogP contribution >= 0.6 is 15.4 Å². The van der Waals surface area contributed by atoms with Crippen molar-refractivity contribution < 1.29 is 37.6 Å². The summed E-state index contributed by atoms with van der Waals surface area (Å²) in [5.41, 5.74) is -0.163. The lowest BCUT2D eigenvalue weighted by molar-refractivity contribution is 0.112. The molecule has 0 rings (SSSR count). The zero-order valence-electron chi connectivity index (χ0n) is 18.1. The van der Waals surface area contributed by atoms with Gasteiger partial charge in [-0.05, 0) is 42.9 Å². The largest absolute Gasteiger partial charge is 0.469 e. The van der Waals surface area contributed by atoms with Crippen LogP contribution in [0.2, 0.25) is 0 Å². The summed E-state index contributed by atoms with van der Waals surface area (Å²) < 4.78 is 37.1. The molecule has 0 aliphatic heterocycles. The van der Waals surface area contributed by atoms with Gasteiger partial charge in [0.1, 0.15) is 0 Å². The van der Waals surface area contributed by atoms with Crippen LogP contribution in [0.5, 0.6) is 0 Å². The van der Waals surface area contributed by atoms with Crippen LogP contribution < -0.4 is 0 Å². The molecule has 0 spiro atoms. The van der Waals surface area contributed by atoms with Gasteiger partial charge in [0.25, 0.3) is 0 Å². The average molecular weight is 446 g/mol. The first-order valence-corrected chi connectivity index (χ1v) is 13.4. The van der Waals surface area contributed by atoms with E-state index in [0.717, 1.165) is 38.5 Å². The Bertz CT molecular complexity index is 510. The Hall–Kier alpha value is 0.220. The van der Waals surface area contributed by atoms with E-state index in [0.29, 0.717) is 19.6 Å². The number of phosphoric acid groups is 1. The van der Waals surface area contributed by atoms with E-state index in [1.54, 1.807) is 0 Å². The molecule has 8 nitrogen and oxygen atoms in total. The molecule has 0 aromatic rings. The van der Waals surface area contributed by atoms with Crippen LogP contribution in [-0.2, 0) is 22.9 Å². The number of phosphoric ester groups is 1. The lowest BCUT2D eigenvalue weighted by atomic mass is 9.84. The van der Waals surface area contributed by atoms with Gasteiger partial charge in [0.05, 0.1) is 13.2 Å².